The molecular formula is C19H24N2. The van der Waals surface area contributed by atoms with Crippen LogP contribution in [0.15, 0.2) is 53.5 Å². The number of rotatable bonds is 5. The van der Waals surface area contributed by atoms with Gasteiger partial charge in [0, 0.05) is 17.7 Å². The molecule has 0 aliphatic heterocycles. The SMILES string of the molecule is Cc1ccccc1C(=NCCN(C)C)c1ccccc1C. The van der Waals surface area contributed by atoms with Crippen LogP contribution in [-0.2, 0) is 0 Å². The van der Waals surface area contributed by atoms with Gasteiger partial charge < -0.3 is 4.90 Å². The Morgan fingerprint density at radius 1 is 0.857 bits per heavy atom. The number of aliphatic imine (C=N–C) groups is 1. The molecule has 0 heterocycles. The van der Waals surface area contributed by atoms with Crippen molar-refractivity contribution in [2.75, 3.05) is 27.2 Å². The van der Waals surface area contributed by atoms with Crippen LogP contribution in [0.5, 0.6) is 0 Å². The van der Waals surface area contributed by atoms with Crippen LogP contribution in [0.25, 0.3) is 0 Å². The van der Waals surface area contributed by atoms with Crippen LogP contribution in [-0.4, -0.2) is 37.8 Å². The Morgan fingerprint density at radius 3 is 1.76 bits per heavy atom. The minimum atomic E-state index is 0.811. The molecule has 0 aliphatic rings. The molecule has 2 aromatic carbocycles. The molecule has 2 nitrogen and oxygen atoms in total. The lowest BCUT2D eigenvalue weighted by molar-refractivity contribution is 0.420. The fourth-order valence-corrected chi connectivity index (χ4v) is 2.35. The summed E-state index contributed by atoms with van der Waals surface area (Å²) in [5, 5.41) is 0. The van der Waals surface area contributed by atoms with Crippen molar-refractivity contribution in [1.29, 1.82) is 0 Å². The van der Waals surface area contributed by atoms with Crippen LogP contribution < -0.4 is 0 Å². The van der Waals surface area contributed by atoms with E-state index in [1.165, 1.54) is 22.3 Å². The van der Waals surface area contributed by atoms with Crippen LogP contribution in [0.4, 0.5) is 0 Å². The molecule has 0 amide bonds. The molecule has 0 fully saturated rings. The minimum Gasteiger partial charge on any atom is -0.308 e. The highest BCUT2D eigenvalue weighted by Gasteiger charge is 2.11. The Bertz CT molecular complexity index is 579. The first kappa shape index (κ1) is 15.5. The van der Waals surface area contributed by atoms with Gasteiger partial charge in [-0.3, -0.25) is 4.99 Å². The summed E-state index contributed by atoms with van der Waals surface area (Å²) in [5.41, 5.74) is 6.10. The van der Waals surface area contributed by atoms with Gasteiger partial charge in [0.15, 0.2) is 0 Å². The van der Waals surface area contributed by atoms with Gasteiger partial charge in [-0.15, -0.1) is 0 Å². The number of nitrogens with zero attached hydrogens (tertiary/aromatic N) is 2. The first-order chi connectivity index (χ1) is 10.1. The maximum absolute atomic E-state index is 4.90. The van der Waals surface area contributed by atoms with Gasteiger partial charge >= 0.3 is 0 Å². The number of likely N-dealkylation sites (N-methyl/N-ethyl adjacent to an activating group) is 1. The van der Waals surface area contributed by atoms with Gasteiger partial charge in [0.1, 0.15) is 0 Å². The van der Waals surface area contributed by atoms with Gasteiger partial charge in [0.2, 0.25) is 0 Å². The smallest absolute Gasteiger partial charge is 0.0724 e. The number of hydrogen-bond donors (Lipinski definition) is 0. The Hall–Kier alpha value is -1.93. The molecule has 2 heteroatoms. The fourth-order valence-electron chi connectivity index (χ4n) is 2.35. The predicted octanol–water partition coefficient (Wildman–Crippen LogP) is 3.70. The summed E-state index contributed by atoms with van der Waals surface area (Å²) in [6.07, 6.45) is 0. The fraction of sp³-hybridized carbons (Fsp3) is 0.316. The van der Waals surface area contributed by atoms with Crippen molar-refractivity contribution >= 4 is 5.71 Å². The average molecular weight is 280 g/mol. The largest absolute Gasteiger partial charge is 0.308 e. The molecule has 0 saturated heterocycles. The van der Waals surface area contributed by atoms with Gasteiger partial charge in [-0.2, -0.15) is 0 Å². The summed E-state index contributed by atoms with van der Waals surface area (Å²) >= 11 is 0. The molecule has 0 N–H and O–H groups in total. The zero-order chi connectivity index (χ0) is 15.2. The summed E-state index contributed by atoms with van der Waals surface area (Å²) in [7, 11) is 4.16. The van der Waals surface area contributed by atoms with Crippen LogP contribution >= 0.6 is 0 Å². The van der Waals surface area contributed by atoms with Gasteiger partial charge in [-0.05, 0) is 39.1 Å². The molecule has 0 unspecified atom stereocenters. The van der Waals surface area contributed by atoms with E-state index >= 15 is 0 Å². The van der Waals surface area contributed by atoms with E-state index in [1.54, 1.807) is 0 Å². The average Bonchev–Trinajstić information content (AvgIpc) is 2.45. The second-order valence-electron chi connectivity index (χ2n) is 5.66. The molecule has 21 heavy (non-hydrogen) atoms. The van der Waals surface area contributed by atoms with Crippen molar-refractivity contribution in [3.63, 3.8) is 0 Å². The molecular weight excluding hydrogens is 256 g/mol. The standard InChI is InChI=1S/C19H24N2/c1-15-9-5-7-11-17(15)19(20-13-14-21(3)4)18-12-8-6-10-16(18)2/h5-12H,13-14H2,1-4H3. The lowest BCUT2D eigenvalue weighted by Gasteiger charge is -2.14. The van der Waals surface area contributed by atoms with E-state index in [1.807, 2.05) is 0 Å². The minimum absolute atomic E-state index is 0.811. The third kappa shape index (κ3) is 4.02. The quantitative estimate of drug-likeness (QED) is 0.762. The van der Waals surface area contributed by atoms with Crippen molar-refractivity contribution in [2.24, 2.45) is 4.99 Å². The van der Waals surface area contributed by atoms with Crippen LogP contribution in [0.1, 0.15) is 22.3 Å². The lowest BCUT2D eigenvalue weighted by atomic mass is 9.95. The topological polar surface area (TPSA) is 15.6 Å². The Balaban J connectivity index is 2.45. The molecule has 110 valence electrons. The van der Waals surface area contributed by atoms with E-state index in [0.717, 1.165) is 18.8 Å². The van der Waals surface area contributed by atoms with Crippen molar-refractivity contribution in [2.45, 2.75) is 13.8 Å². The van der Waals surface area contributed by atoms with Crippen LogP contribution in [0.3, 0.4) is 0 Å². The molecule has 2 rings (SSSR count). The molecule has 0 aliphatic carbocycles. The van der Waals surface area contributed by atoms with Crippen molar-refractivity contribution < 1.29 is 0 Å². The first-order valence-electron chi connectivity index (χ1n) is 7.41. The molecule has 0 aromatic heterocycles. The molecule has 0 saturated carbocycles. The highest BCUT2D eigenvalue weighted by atomic mass is 15.1. The van der Waals surface area contributed by atoms with E-state index in [-0.39, 0.29) is 0 Å². The maximum Gasteiger partial charge on any atom is 0.0724 e. The maximum atomic E-state index is 4.90. The van der Waals surface area contributed by atoms with E-state index < -0.39 is 0 Å². The number of hydrogen-bond acceptors (Lipinski definition) is 2. The summed E-state index contributed by atoms with van der Waals surface area (Å²) in [6, 6.07) is 16.9. The summed E-state index contributed by atoms with van der Waals surface area (Å²) in [5.74, 6) is 0. The summed E-state index contributed by atoms with van der Waals surface area (Å²) < 4.78 is 0. The molecule has 0 bridgehead atoms. The third-order valence-corrected chi connectivity index (χ3v) is 3.62. The number of benzene rings is 2. The van der Waals surface area contributed by atoms with Gasteiger partial charge in [-0.1, -0.05) is 48.5 Å². The molecule has 0 radical (unpaired) electrons. The van der Waals surface area contributed by atoms with E-state index in [4.69, 9.17) is 4.99 Å². The zero-order valence-electron chi connectivity index (χ0n) is 13.4. The molecule has 0 spiro atoms. The zero-order valence-corrected chi connectivity index (χ0v) is 13.4. The second-order valence-corrected chi connectivity index (χ2v) is 5.66. The third-order valence-electron chi connectivity index (χ3n) is 3.62. The van der Waals surface area contributed by atoms with E-state index in [9.17, 15) is 0 Å². The van der Waals surface area contributed by atoms with Crippen molar-refractivity contribution in [3.8, 4) is 0 Å². The monoisotopic (exact) mass is 280 g/mol. The van der Waals surface area contributed by atoms with Gasteiger partial charge in [0.25, 0.3) is 0 Å². The van der Waals surface area contributed by atoms with Crippen LogP contribution in [0.2, 0.25) is 0 Å². The highest BCUT2D eigenvalue weighted by Crippen LogP contribution is 2.18. The highest BCUT2D eigenvalue weighted by molar-refractivity contribution is 6.14. The Labute approximate surface area is 128 Å². The molecule has 0 atom stereocenters. The summed E-state index contributed by atoms with van der Waals surface area (Å²) in [4.78, 5) is 7.06. The number of aryl methyl sites for hydroxylation is 2. The first-order valence-corrected chi connectivity index (χ1v) is 7.41. The lowest BCUT2D eigenvalue weighted by Crippen LogP contribution is -2.17. The summed E-state index contributed by atoms with van der Waals surface area (Å²) in [6.45, 7) is 6.07. The van der Waals surface area contributed by atoms with Gasteiger partial charge in [-0.25, -0.2) is 0 Å². The van der Waals surface area contributed by atoms with E-state index in [2.05, 4.69) is 81.4 Å². The normalized spacial score (nSPS) is 10.7. The van der Waals surface area contributed by atoms with E-state index in [0.29, 0.717) is 0 Å². The van der Waals surface area contributed by atoms with Crippen molar-refractivity contribution in [1.82, 2.24) is 4.90 Å². The Morgan fingerprint density at radius 2 is 1.33 bits per heavy atom. The van der Waals surface area contributed by atoms with Gasteiger partial charge in [0.05, 0.1) is 12.3 Å². The molecule has 2 aromatic rings. The predicted molar refractivity (Wildman–Crippen MR) is 91.4 cm³/mol. The second kappa shape index (κ2) is 7.19. The van der Waals surface area contributed by atoms with Crippen molar-refractivity contribution in [3.05, 3.63) is 70.8 Å². The Kier molecular flexibility index (Phi) is 5.29. The van der Waals surface area contributed by atoms with Crippen LogP contribution in [0, 0.1) is 13.8 Å².